The van der Waals surface area contributed by atoms with Gasteiger partial charge in [-0.05, 0) is 79.8 Å². The fraction of sp³-hybridized carbons (Fsp3) is 0.346. The van der Waals surface area contributed by atoms with Crippen molar-refractivity contribution in [3.05, 3.63) is 54.6 Å². The second kappa shape index (κ2) is 11.5. The molecule has 0 N–H and O–H groups in total. The minimum Gasteiger partial charge on any atom is -0.492 e. The maximum atomic E-state index is 13.0. The SMILES string of the molecule is CC(=O)Oc1ccc2c(Oc3ccc(OCCN4CCCCC4)cc3)c(OS(=O)(=O)C(F)(F)F)ccc2c1. The summed E-state index contributed by atoms with van der Waals surface area (Å²) in [7, 11) is -5.96. The van der Waals surface area contributed by atoms with Crippen LogP contribution in [0.25, 0.3) is 10.8 Å². The summed E-state index contributed by atoms with van der Waals surface area (Å²) in [6.07, 6.45) is 3.61. The van der Waals surface area contributed by atoms with Crippen molar-refractivity contribution in [2.75, 3.05) is 26.2 Å². The summed E-state index contributed by atoms with van der Waals surface area (Å²) in [6, 6.07) is 13.0. The summed E-state index contributed by atoms with van der Waals surface area (Å²) < 4.78 is 83.5. The molecule has 1 fully saturated rings. The highest BCUT2D eigenvalue weighted by Gasteiger charge is 2.49. The number of hydrogen-bond donors (Lipinski definition) is 0. The molecule has 1 aliphatic rings. The van der Waals surface area contributed by atoms with Gasteiger partial charge in [-0.2, -0.15) is 21.6 Å². The maximum absolute atomic E-state index is 13.0. The topological polar surface area (TPSA) is 91.4 Å². The molecule has 0 aliphatic carbocycles. The number of likely N-dealkylation sites (tertiary alicyclic amines) is 1. The number of carbonyl (C=O) groups is 1. The Hall–Kier alpha value is -3.51. The van der Waals surface area contributed by atoms with E-state index in [0.29, 0.717) is 17.7 Å². The Labute approximate surface area is 218 Å². The highest BCUT2D eigenvalue weighted by molar-refractivity contribution is 7.88. The zero-order chi connectivity index (χ0) is 27.3. The van der Waals surface area contributed by atoms with Gasteiger partial charge < -0.3 is 18.4 Å². The Balaban J connectivity index is 1.57. The summed E-state index contributed by atoms with van der Waals surface area (Å²) in [5, 5.41) is 0.644. The summed E-state index contributed by atoms with van der Waals surface area (Å²) >= 11 is 0. The number of hydrogen-bond acceptors (Lipinski definition) is 8. The van der Waals surface area contributed by atoms with Crippen LogP contribution in [-0.2, 0) is 14.9 Å². The van der Waals surface area contributed by atoms with Gasteiger partial charge in [0.2, 0.25) is 0 Å². The third kappa shape index (κ3) is 6.87. The van der Waals surface area contributed by atoms with E-state index in [9.17, 15) is 26.4 Å². The van der Waals surface area contributed by atoms with E-state index in [0.717, 1.165) is 25.7 Å². The van der Waals surface area contributed by atoms with E-state index in [1.54, 1.807) is 24.3 Å². The van der Waals surface area contributed by atoms with Crippen molar-refractivity contribution in [3.8, 4) is 28.7 Å². The molecule has 0 saturated carbocycles. The Morgan fingerprint density at radius 2 is 1.58 bits per heavy atom. The van der Waals surface area contributed by atoms with E-state index >= 15 is 0 Å². The highest BCUT2D eigenvalue weighted by atomic mass is 32.2. The standard InChI is InChI=1S/C26H26F3NO7S/c1-18(31)35-22-10-11-23-19(17-22)5-12-24(37-38(32,33)26(27,28)29)25(23)36-21-8-6-20(7-9-21)34-16-15-30-13-3-2-4-14-30/h5-12,17H,2-4,13-16H2,1H3. The van der Waals surface area contributed by atoms with Crippen molar-refractivity contribution in [2.24, 2.45) is 0 Å². The normalized spacial score (nSPS) is 14.7. The fourth-order valence-corrected chi connectivity index (χ4v) is 4.48. The number of benzene rings is 3. The Morgan fingerprint density at radius 3 is 2.24 bits per heavy atom. The maximum Gasteiger partial charge on any atom is 0.534 e. The third-order valence-electron chi connectivity index (χ3n) is 5.82. The molecule has 0 atom stereocenters. The molecule has 0 aromatic heterocycles. The van der Waals surface area contributed by atoms with E-state index < -0.39 is 27.3 Å². The average Bonchev–Trinajstić information content (AvgIpc) is 2.86. The molecular weight excluding hydrogens is 527 g/mol. The van der Waals surface area contributed by atoms with Crippen molar-refractivity contribution >= 4 is 26.9 Å². The second-order valence-electron chi connectivity index (χ2n) is 8.68. The zero-order valence-electron chi connectivity index (χ0n) is 20.5. The monoisotopic (exact) mass is 553 g/mol. The fourth-order valence-electron chi connectivity index (χ4n) is 4.02. The van der Waals surface area contributed by atoms with Gasteiger partial charge in [0.15, 0.2) is 11.5 Å². The highest BCUT2D eigenvalue weighted by Crippen LogP contribution is 2.42. The summed E-state index contributed by atoms with van der Waals surface area (Å²) in [6.45, 7) is 4.63. The molecule has 1 saturated heterocycles. The van der Waals surface area contributed by atoms with E-state index in [4.69, 9.17) is 14.2 Å². The van der Waals surface area contributed by atoms with Crippen molar-refractivity contribution in [1.29, 1.82) is 0 Å². The minimum absolute atomic E-state index is 0.193. The Kier molecular flexibility index (Phi) is 8.32. The molecule has 1 heterocycles. The number of alkyl halides is 3. The van der Waals surface area contributed by atoms with Crippen LogP contribution in [0.15, 0.2) is 54.6 Å². The number of fused-ring (bicyclic) bond motifs is 1. The number of esters is 1. The van der Waals surface area contributed by atoms with Crippen molar-refractivity contribution in [3.63, 3.8) is 0 Å². The van der Waals surface area contributed by atoms with Crippen LogP contribution in [0.1, 0.15) is 26.2 Å². The number of piperidine rings is 1. The van der Waals surface area contributed by atoms with E-state index in [1.165, 1.54) is 50.5 Å². The van der Waals surface area contributed by atoms with Gasteiger partial charge in [-0.3, -0.25) is 9.69 Å². The van der Waals surface area contributed by atoms with Crippen LogP contribution >= 0.6 is 0 Å². The van der Waals surface area contributed by atoms with Crippen molar-refractivity contribution < 1.29 is 44.8 Å². The lowest BCUT2D eigenvalue weighted by Gasteiger charge is -2.26. The smallest absolute Gasteiger partial charge is 0.492 e. The molecule has 4 rings (SSSR count). The first kappa shape index (κ1) is 27.5. The lowest BCUT2D eigenvalue weighted by molar-refractivity contribution is -0.131. The number of rotatable bonds is 9. The van der Waals surface area contributed by atoms with E-state index in [2.05, 4.69) is 9.08 Å². The number of carbonyl (C=O) groups excluding carboxylic acids is 1. The number of nitrogens with zero attached hydrogens (tertiary/aromatic N) is 1. The molecule has 3 aromatic rings. The molecule has 204 valence electrons. The quantitative estimate of drug-likeness (QED) is 0.145. The first-order valence-corrected chi connectivity index (χ1v) is 13.3. The van der Waals surface area contributed by atoms with E-state index in [-0.39, 0.29) is 22.6 Å². The third-order valence-corrected chi connectivity index (χ3v) is 6.78. The molecular formula is C26H26F3NO7S. The molecule has 0 unspecified atom stereocenters. The first-order chi connectivity index (χ1) is 18.0. The first-order valence-electron chi connectivity index (χ1n) is 11.9. The van der Waals surface area contributed by atoms with Crippen LogP contribution in [0.2, 0.25) is 0 Å². The van der Waals surface area contributed by atoms with Crippen LogP contribution in [-0.4, -0.2) is 51.0 Å². The average molecular weight is 554 g/mol. The molecule has 1 aliphatic heterocycles. The van der Waals surface area contributed by atoms with Crippen molar-refractivity contribution in [2.45, 2.75) is 31.7 Å². The summed E-state index contributed by atoms with van der Waals surface area (Å²) in [5.74, 6) is -0.497. The summed E-state index contributed by atoms with van der Waals surface area (Å²) in [5.41, 5.74) is -5.63. The van der Waals surface area contributed by atoms with Gasteiger partial charge in [0.25, 0.3) is 0 Å². The van der Waals surface area contributed by atoms with Crippen LogP contribution in [0.3, 0.4) is 0 Å². The van der Waals surface area contributed by atoms with Crippen molar-refractivity contribution in [1.82, 2.24) is 4.90 Å². The predicted molar refractivity (Wildman–Crippen MR) is 133 cm³/mol. The number of halogens is 3. The molecule has 0 spiro atoms. The Bertz CT molecular complexity index is 1390. The molecule has 3 aromatic carbocycles. The minimum atomic E-state index is -5.96. The van der Waals surface area contributed by atoms with Gasteiger partial charge in [-0.25, -0.2) is 0 Å². The molecule has 12 heteroatoms. The Morgan fingerprint density at radius 1 is 0.921 bits per heavy atom. The molecule has 0 bridgehead atoms. The zero-order valence-corrected chi connectivity index (χ0v) is 21.3. The van der Waals surface area contributed by atoms with Gasteiger partial charge in [0.1, 0.15) is 23.9 Å². The van der Waals surface area contributed by atoms with Gasteiger partial charge in [0.05, 0.1) is 0 Å². The van der Waals surface area contributed by atoms with Gasteiger partial charge in [-0.1, -0.05) is 12.5 Å². The van der Waals surface area contributed by atoms with Crippen LogP contribution in [0.4, 0.5) is 13.2 Å². The van der Waals surface area contributed by atoms with Gasteiger partial charge in [-0.15, -0.1) is 0 Å². The summed E-state index contributed by atoms with van der Waals surface area (Å²) in [4.78, 5) is 13.6. The molecule has 38 heavy (non-hydrogen) atoms. The molecule has 8 nitrogen and oxygen atoms in total. The lowest BCUT2D eigenvalue weighted by atomic mass is 10.1. The second-order valence-corrected chi connectivity index (χ2v) is 10.2. The van der Waals surface area contributed by atoms with Gasteiger partial charge >= 0.3 is 21.6 Å². The van der Waals surface area contributed by atoms with Crippen LogP contribution < -0.4 is 18.4 Å². The molecule has 0 radical (unpaired) electrons. The number of ether oxygens (including phenoxy) is 3. The van der Waals surface area contributed by atoms with E-state index in [1.807, 2.05) is 0 Å². The predicted octanol–water partition coefficient (Wildman–Crippen LogP) is 5.65. The molecule has 0 amide bonds. The van der Waals surface area contributed by atoms with Crippen LogP contribution in [0, 0.1) is 0 Å². The largest absolute Gasteiger partial charge is 0.534 e. The van der Waals surface area contributed by atoms with Crippen LogP contribution in [0.5, 0.6) is 28.7 Å². The lowest BCUT2D eigenvalue weighted by Crippen LogP contribution is -2.33. The van der Waals surface area contributed by atoms with Gasteiger partial charge in [0, 0.05) is 18.9 Å².